The molecule has 1 atom stereocenters. The molecule has 1 aromatic rings. The minimum Gasteiger partial charge on any atom is -0.417 e. The molecule has 0 saturated carbocycles. The molecule has 10 heteroatoms. The van der Waals surface area contributed by atoms with E-state index < -0.39 is 40.0 Å². The summed E-state index contributed by atoms with van der Waals surface area (Å²) in [6, 6.07) is 0.887. The van der Waals surface area contributed by atoms with Crippen LogP contribution < -0.4 is 4.74 Å². The van der Waals surface area contributed by atoms with Gasteiger partial charge in [-0.3, -0.25) is 14.9 Å². The SMILES string of the molecule is CC(C=O)C(=O)Oc1c(I)cc(C(F)(F)F)cc1[N+](=O)[O-]. The van der Waals surface area contributed by atoms with Crippen molar-refractivity contribution in [2.75, 3.05) is 0 Å². The number of nitrogens with zero attached hydrogens (tertiary/aromatic N) is 1. The Balaban J connectivity index is 3.35. The van der Waals surface area contributed by atoms with Crippen LogP contribution in [0.25, 0.3) is 0 Å². The molecule has 1 rings (SSSR count). The van der Waals surface area contributed by atoms with Crippen molar-refractivity contribution in [3.05, 3.63) is 31.4 Å². The number of benzene rings is 1. The molecule has 0 bridgehead atoms. The second-order valence-corrected chi connectivity index (χ2v) is 5.07. The van der Waals surface area contributed by atoms with E-state index in [-0.39, 0.29) is 15.9 Å². The molecule has 114 valence electrons. The first kappa shape index (κ1) is 17.3. The van der Waals surface area contributed by atoms with Crippen LogP contribution in [0, 0.1) is 19.6 Å². The monoisotopic (exact) mass is 417 g/mol. The quantitative estimate of drug-likeness (QED) is 0.143. The summed E-state index contributed by atoms with van der Waals surface area (Å²) in [5.41, 5.74) is -2.23. The van der Waals surface area contributed by atoms with Gasteiger partial charge >= 0.3 is 17.8 Å². The molecule has 0 aromatic heterocycles. The first-order valence-electron chi connectivity index (χ1n) is 5.30. The number of aldehydes is 1. The maximum atomic E-state index is 12.6. The fourth-order valence-corrected chi connectivity index (χ4v) is 1.95. The van der Waals surface area contributed by atoms with Gasteiger partial charge in [-0.15, -0.1) is 0 Å². The van der Waals surface area contributed by atoms with E-state index in [4.69, 9.17) is 0 Å². The topological polar surface area (TPSA) is 86.5 Å². The lowest BCUT2D eigenvalue weighted by atomic mass is 10.1. The van der Waals surface area contributed by atoms with Crippen molar-refractivity contribution in [3.63, 3.8) is 0 Å². The fraction of sp³-hybridized carbons (Fsp3) is 0.273. The Morgan fingerprint density at radius 1 is 1.48 bits per heavy atom. The number of ether oxygens (including phenoxy) is 1. The predicted molar refractivity (Wildman–Crippen MR) is 71.7 cm³/mol. The third-order valence-corrected chi connectivity index (χ3v) is 3.13. The van der Waals surface area contributed by atoms with Gasteiger partial charge in [-0.2, -0.15) is 13.2 Å². The van der Waals surface area contributed by atoms with Gasteiger partial charge in [-0.25, -0.2) is 0 Å². The second-order valence-electron chi connectivity index (χ2n) is 3.91. The average molecular weight is 417 g/mol. The van der Waals surface area contributed by atoms with E-state index in [1.807, 2.05) is 0 Å². The van der Waals surface area contributed by atoms with Crippen molar-refractivity contribution in [1.82, 2.24) is 0 Å². The van der Waals surface area contributed by atoms with Crippen LogP contribution in [0.2, 0.25) is 0 Å². The van der Waals surface area contributed by atoms with Gasteiger partial charge < -0.3 is 9.53 Å². The van der Waals surface area contributed by atoms with Gasteiger partial charge in [0, 0.05) is 6.07 Å². The van der Waals surface area contributed by atoms with Crippen LogP contribution in [0.5, 0.6) is 5.75 Å². The smallest absolute Gasteiger partial charge is 0.416 e. The number of nitro benzene ring substituents is 1. The van der Waals surface area contributed by atoms with Crippen molar-refractivity contribution in [1.29, 1.82) is 0 Å². The standard InChI is InChI=1S/C11H7F3INO5/c1-5(4-17)10(18)21-9-7(15)2-6(11(12,13)14)3-8(9)16(19)20/h2-5H,1H3. The number of esters is 1. The number of carbonyl (C=O) groups is 2. The number of rotatable bonds is 4. The van der Waals surface area contributed by atoms with Crippen LogP contribution in [0.1, 0.15) is 12.5 Å². The molecule has 1 unspecified atom stereocenters. The number of alkyl halides is 3. The van der Waals surface area contributed by atoms with E-state index in [0.717, 1.165) is 0 Å². The summed E-state index contributed by atoms with van der Waals surface area (Å²) in [5, 5.41) is 10.8. The molecule has 0 saturated heterocycles. The molecular weight excluding hydrogens is 410 g/mol. The normalized spacial score (nSPS) is 12.6. The lowest BCUT2D eigenvalue weighted by Crippen LogP contribution is -2.20. The zero-order valence-corrected chi connectivity index (χ0v) is 12.5. The summed E-state index contributed by atoms with van der Waals surface area (Å²) in [6.45, 7) is 1.19. The summed E-state index contributed by atoms with van der Waals surface area (Å²) < 4.78 is 42.2. The van der Waals surface area contributed by atoms with Crippen LogP contribution in [0.3, 0.4) is 0 Å². The van der Waals surface area contributed by atoms with Gasteiger partial charge in [0.25, 0.3) is 0 Å². The van der Waals surface area contributed by atoms with Crippen molar-refractivity contribution in [3.8, 4) is 5.75 Å². The van der Waals surface area contributed by atoms with Crippen LogP contribution in [0.4, 0.5) is 18.9 Å². The zero-order chi connectivity index (χ0) is 16.4. The Labute approximate surface area is 129 Å². The maximum Gasteiger partial charge on any atom is 0.416 e. The maximum absolute atomic E-state index is 12.6. The number of carbonyl (C=O) groups excluding carboxylic acids is 2. The number of hydrogen-bond acceptors (Lipinski definition) is 5. The number of hydrogen-bond donors (Lipinski definition) is 0. The Morgan fingerprint density at radius 3 is 2.48 bits per heavy atom. The molecule has 1 aromatic carbocycles. The van der Waals surface area contributed by atoms with Crippen molar-refractivity contribution < 1.29 is 32.4 Å². The third kappa shape index (κ3) is 4.12. The highest BCUT2D eigenvalue weighted by Crippen LogP contribution is 2.39. The largest absolute Gasteiger partial charge is 0.417 e. The van der Waals surface area contributed by atoms with E-state index >= 15 is 0 Å². The molecule has 0 N–H and O–H groups in total. The molecule has 21 heavy (non-hydrogen) atoms. The third-order valence-electron chi connectivity index (χ3n) is 2.33. The van der Waals surface area contributed by atoms with E-state index in [0.29, 0.717) is 6.07 Å². The summed E-state index contributed by atoms with van der Waals surface area (Å²) >= 11 is 1.38. The minimum atomic E-state index is -4.77. The van der Waals surface area contributed by atoms with Crippen molar-refractivity contribution >= 4 is 40.5 Å². The van der Waals surface area contributed by atoms with Crippen molar-refractivity contribution in [2.45, 2.75) is 13.1 Å². The molecule has 0 spiro atoms. The average Bonchev–Trinajstić information content (AvgIpc) is 2.37. The van der Waals surface area contributed by atoms with Crippen LogP contribution in [0.15, 0.2) is 12.1 Å². The van der Waals surface area contributed by atoms with Crippen LogP contribution in [-0.2, 0) is 15.8 Å². The number of halogens is 4. The highest BCUT2D eigenvalue weighted by Gasteiger charge is 2.35. The van der Waals surface area contributed by atoms with E-state index in [1.165, 1.54) is 29.5 Å². The summed E-state index contributed by atoms with van der Waals surface area (Å²) in [5.74, 6) is -2.90. The molecule has 0 amide bonds. The van der Waals surface area contributed by atoms with E-state index in [1.54, 1.807) is 0 Å². The Hall–Kier alpha value is -1.72. The van der Waals surface area contributed by atoms with Gasteiger partial charge in [0.2, 0.25) is 5.75 Å². The molecule has 0 radical (unpaired) electrons. The van der Waals surface area contributed by atoms with E-state index in [2.05, 4.69) is 4.74 Å². The Bertz CT molecular complexity index is 602. The molecular formula is C11H7F3INO5. The highest BCUT2D eigenvalue weighted by atomic mass is 127. The summed E-state index contributed by atoms with van der Waals surface area (Å²) in [4.78, 5) is 31.6. The van der Waals surface area contributed by atoms with Crippen LogP contribution >= 0.6 is 22.6 Å². The van der Waals surface area contributed by atoms with Gasteiger partial charge in [0.05, 0.1) is 14.1 Å². The zero-order valence-electron chi connectivity index (χ0n) is 10.3. The minimum absolute atomic E-state index is 0.255. The summed E-state index contributed by atoms with van der Waals surface area (Å²) in [7, 11) is 0. The lowest BCUT2D eigenvalue weighted by Gasteiger charge is -2.12. The second kappa shape index (κ2) is 6.37. The molecule has 0 aliphatic carbocycles. The Morgan fingerprint density at radius 2 is 2.05 bits per heavy atom. The number of nitro groups is 1. The fourth-order valence-electron chi connectivity index (χ4n) is 1.23. The van der Waals surface area contributed by atoms with Crippen LogP contribution in [-0.4, -0.2) is 17.2 Å². The van der Waals surface area contributed by atoms with Gasteiger partial charge in [-0.1, -0.05) is 0 Å². The summed E-state index contributed by atoms with van der Waals surface area (Å²) in [6.07, 6.45) is -4.52. The van der Waals surface area contributed by atoms with E-state index in [9.17, 15) is 32.9 Å². The highest BCUT2D eigenvalue weighted by molar-refractivity contribution is 14.1. The van der Waals surface area contributed by atoms with Crippen molar-refractivity contribution in [2.24, 2.45) is 5.92 Å². The predicted octanol–water partition coefficient (Wildman–Crippen LogP) is 2.96. The van der Waals surface area contributed by atoms with Gasteiger partial charge in [0.1, 0.15) is 12.2 Å². The molecule has 0 aliphatic heterocycles. The Kier molecular flexibility index (Phi) is 5.25. The van der Waals surface area contributed by atoms with Gasteiger partial charge in [-0.05, 0) is 35.6 Å². The molecule has 0 fully saturated rings. The molecule has 6 nitrogen and oxygen atoms in total. The molecule has 0 heterocycles. The first-order chi connectivity index (χ1) is 9.57. The lowest BCUT2D eigenvalue weighted by molar-refractivity contribution is -0.386. The molecule has 0 aliphatic rings. The first-order valence-corrected chi connectivity index (χ1v) is 6.38. The van der Waals surface area contributed by atoms with Gasteiger partial charge in [0.15, 0.2) is 0 Å².